The Morgan fingerprint density at radius 1 is 1.08 bits per heavy atom. The van der Waals surface area contributed by atoms with Crippen molar-refractivity contribution in [1.29, 1.82) is 0 Å². The van der Waals surface area contributed by atoms with Gasteiger partial charge in [0, 0.05) is 0 Å². The number of hydrogen-bond donors (Lipinski definition) is 0. The van der Waals surface area contributed by atoms with Crippen molar-refractivity contribution in [3.05, 3.63) is 30.3 Å². The van der Waals surface area contributed by atoms with Crippen LogP contribution in [-0.4, -0.2) is 14.6 Å². The predicted molar refractivity (Wildman–Crippen MR) is 68.3 cm³/mol. The molecule has 0 radical (unpaired) electrons. The van der Waals surface area contributed by atoms with E-state index in [-0.39, 0.29) is 0 Å². The molecule has 68 valence electrons. The van der Waals surface area contributed by atoms with E-state index in [0.29, 0.717) is 0 Å². The number of halogens is 3. The number of benzene rings is 1. The summed E-state index contributed by atoms with van der Waals surface area (Å²) in [5.74, 6) is 0. The Morgan fingerprint density at radius 2 is 1.67 bits per heavy atom. The van der Waals surface area contributed by atoms with Gasteiger partial charge in [0.15, 0.2) is 0 Å². The first-order valence-electron chi connectivity index (χ1n) is 3.48. The molecule has 4 heteroatoms. The molecule has 0 nitrogen and oxygen atoms in total. The minimum absolute atomic E-state index is 1.04. The number of alkyl halides is 1. The van der Waals surface area contributed by atoms with Gasteiger partial charge in [0.05, 0.1) is 0 Å². The van der Waals surface area contributed by atoms with Gasteiger partial charge in [0.2, 0.25) is 0 Å². The van der Waals surface area contributed by atoms with Crippen LogP contribution < -0.4 is 4.46 Å². The van der Waals surface area contributed by atoms with Crippen molar-refractivity contribution < 1.29 is 0 Å². The maximum atomic E-state index is 3.79. The van der Waals surface area contributed by atoms with Crippen molar-refractivity contribution in [1.82, 2.24) is 0 Å². The van der Waals surface area contributed by atoms with Gasteiger partial charge in [-0.05, 0) is 0 Å². The van der Waals surface area contributed by atoms with Gasteiger partial charge in [0.1, 0.15) is 0 Å². The van der Waals surface area contributed by atoms with Gasteiger partial charge in [-0.15, -0.1) is 0 Å². The molecule has 0 atom stereocenters. The fourth-order valence-electron chi connectivity index (χ4n) is 0.834. The van der Waals surface area contributed by atoms with E-state index in [9.17, 15) is 0 Å². The molecule has 0 fully saturated rings. The summed E-state index contributed by atoms with van der Waals surface area (Å²) in [5.41, 5.74) is 0. The average Bonchev–Trinajstić information content (AvgIpc) is 2.06. The molecule has 0 saturated carbocycles. The monoisotopic (exact) mass is 422 g/mol. The zero-order valence-electron chi connectivity index (χ0n) is 6.34. The zero-order valence-corrected chi connectivity index (χ0v) is 12.8. The summed E-state index contributed by atoms with van der Waals surface area (Å²) in [7, 11) is -1.68. The molecule has 0 spiro atoms. The van der Waals surface area contributed by atoms with Gasteiger partial charge in [-0.3, -0.25) is 0 Å². The summed E-state index contributed by atoms with van der Waals surface area (Å²) in [5, 5.41) is 2.21. The summed E-state index contributed by atoms with van der Waals surface area (Å²) >= 11 is 11.0. The molecular formula is C8H9Br3Se. The van der Waals surface area contributed by atoms with Gasteiger partial charge in [0.25, 0.3) is 0 Å². The van der Waals surface area contributed by atoms with Crippen LogP contribution in [0, 0.1) is 0 Å². The molecule has 0 heterocycles. The van der Waals surface area contributed by atoms with Crippen LogP contribution in [0.1, 0.15) is 0 Å². The van der Waals surface area contributed by atoms with Crippen molar-refractivity contribution in [3.8, 4) is 0 Å². The Balaban J connectivity index is 2.82. The van der Waals surface area contributed by atoms with Gasteiger partial charge in [-0.25, -0.2) is 0 Å². The molecule has 1 rings (SSSR count). The molecule has 0 aromatic heterocycles. The second kappa shape index (κ2) is 5.16. The van der Waals surface area contributed by atoms with Gasteiger partial charge >= 0.3 is 98.8 Å². The first-order valence-corrected chi connectivity index (χ1v) is 14.7. The van der Waals surface area contributed by atoms with Crippen LogP contribution >= 0.6 is 44.2 Å². The Bertz CT molecular complexity index is 235. The van der Waals surface area contributed by atoms with E-state index < -0.39 is 9.23 Å². The van der Waals surface area contributed by atoms with Gasteiger partial charge in [-0.1, -0.05) is 0 Å². The van der Waals surface area contributed by atoms with Crippen molar-refractivity contribution in [2.75, 3.05) is 5.33 Å². The van der Waals surface area contributed by atoms with E-state index in [1.54, 1.807) is 0 Å². The molecule has 0 unspecified atom stereocenters. The molecule has 1 aromatic carbocycles. The molecule has 12 heavy (non-hydrogen) atoms. The van der Waals surface area contributed by atoms with Crippen LogP contribution in [0.15, 0.2) is 30.3 Å². The van der Waals surface area contributed by atoms with Crippen LogP contribution in [0.2, 0.25) is 5.32 Å². The summed E-state index contributed by atoms with van der Waals surface area (Å²) < 4.78 is 1.41. The quantitative estimate of drug-likeness (QED) is 0.515. The summed E-state index contributed by atoms with van der Waals surface area (Å²) in [6.45, 7) is 0. The Morgan fingerprint density at radius 3 is 2.17 bits per heavy atom. The second-order valence-electron chi connectivity index (χ2n) is 2.28. The molecule has 0 N–H and O–H groups in total. The predicted octanol–water partition coefficient (Wildman–Crippen LogP) is 3.52. The topological polar surface area (TPSA) is 0 Å². The Kier molecular flexibility index (Phi) is 4.84. The summed E-state index contributed by atoms with van der Waals surface area (Å²) in [4.78, 5) is 0. The zero-order chi connectivity index (χ0) is 9.03. The molecule has 0 bridgehead atoms. The third kappa shape index (κ3) is 3.15. The third-order valence-electron chi connectivity index (χ3n) is 1.42. The molecule has 0 amide bonds. The molecule has 0 aliphatic carbocycles. The summed E-state index contributed by atoms with van der Waals surface area (Å²) in [6.07, 6.45) is 0. The van der Waals surface area contributed by atoms with Crippen molar-refractivity contribution in [3.63, 3.8) is 0 Å². The van der Waals surface area contributed by atoms with Gasteiger partial charge < -0.3 is 0 Å². The normalized spacial score (nSPS) is 12.9. The number of rotatable bonds is 3. The van der Waals surface area contributed by atoms with Crippen LogP contribution in [-0.2, 0) is 0 Å². The average molecular weight is 424 g/mol. The summed E-state index contributed by atoms with van der Waals surface area (Å²) in [6, 6.07) is 10.6. The van der Waals surface area contributed by atoms with Gasteiger partial charge in [-0.2, -0.15) is 0 Å². The molecule has 0 aliphatic rings. The maximum absolute atomic E-state index is 3.79. The first-order chi connectivity index (χ1) is 5.67. The molecule has 1 aromatic rings. The van der Waals surface area contributed by atoms with E-state index in [4.69, 9.17) is 0 Å². The Labute approximate surface area is 97.9 Å². The van der Waals surface area contributed by atoms with E-state index >= 15 is 0 Å². The van der Waals surface area contributed by atoms with Crippen LogP contribution in [0.5, 0.6) is 0 Å². The van der Waals surface area contributed by atoms with E-state index in [1.165, 1.54) is 9.78 Å². The van der Waals surface area contributed by atoms with Crippen molar-refractivity contribution >= 4 is 57.8 Å². The Hall–Kier alpha value is 1.18. The van der Waals surface area contributed by atoms with E-state index in [2.05, 4.69) is 68.4 Å². The second-order valence-corrected chi connectivity index (χ2v) is 23.3. The van der Waals surface area contributed by atoms with Crippen LogP contribution in [0.25, 0.3) is 0 Å². The van der Waals surface area contributed by atoms with Crippen molar-refractivity contribution in [2.24, 2.45) is 0 Å². The van der Waals surface area contributed by atoms with Crippen molar-refractivity contribution in [2.45, 2.75) is 5.32 Å². The fourth-order valence-corrected chi connectivity index (χ4v) is 13.9. The fraction of sp³-hybridized carbons (Fsp3) is 0.250. The van der Waals surface area contributed by atoms with Crippen LogP contribution in [0.3, 0.4) is 0 Å². The van der Waals surface area contributed by atoms with Crippen LogP contribution in [0.4, 0.5) is 0 Å². The standard InChI is InChI=1S/C8H9Br3Se/c9-6-7-12(10,11)8-4-2-1-3-5-8/h1-5H,6-7H2. The molecular weight excluding hydrogens is 415 g/mol. The molecule has 0 aliphatic heterocycles. The first kappa shape index (κ1) is 11.3. The minimum atomic E-state index is -1.68. The van der Waals surface area contributed by atoms with E-state index in [0.717, 1.165) is 5.33 Å². The number of hydrogen-bond acceptors (Lipinski definition) is 0. The molecule has 0 saturated heterocycles. The van der Waals surface area contributed by atoms with E-state index in [1.807, 2.05) is 6.07 Å². The SMILES string of the molecule is BrCC[Se](Br)(Br)c1ccccc1. The third-order valence-corrected chi connectivity index (χ3v) is 13.8.